The van der Waals surface area contributed by atoms with Crippen LogP contribution >= 0.6 is 0 Å². The summed E-state index contributed by atoms with van der Waals surface area (Å²) in [6.45, 7) is 4.47. The summed E-state index contributed by atoms with van der Waals surface area (Å²) in [5.41, 5.74) is 3.78. The summed E-state index contributed by atoms with van der Waals surface area (Å²) in [5, 5.41) is 0. The first kappa shape index (κ1) is 34.5. The summed E-state index contributed by atoms with van der Waals surface area (Å²) in [7, 11) is 7.87. The van der Waals surface area contributed by atoms with Gasteiger partial charge in [-0.05, 0) is 86.4 Å². The fraction of sp³-hybridized carbons (Fsp3) is 0.459. The molecule has 1 saturated heterocycles. The van der Waals surface area contributed by atoms with Crippen LogP contribution in [0.5, 0.6) is 28.7 Å². The molecule has 1 amide bonds. The van der Waals surface area contributed by atoms with Gasteiger partial charge in [0.2, 0.25) is 11.7 Å². The lowest BCUT2D eigenvalue weighted by Crippen LogP contribution is -2.50. The lowest BCUT2D eigenvalue weighted by molar-refractivity contribution is -0.162. The molecule has 0 saturated carbocycles. The summed E-state index contributed by atoms with van der Waals surface area (Å²) in [4.78, 5) is 29.9. The van der Waals surface area contributed by atoms with Crippen molar-refractivity contribution < 1.29 is 38.0 Å². The minimum atomic E-state index is -0.675. The number of benzene rings is 3. The molecule has 0 aliphatic carbocycles. The van der Waals surface area contributed by atoms with Crippen LogP contribution in [0.15, 0.2) is 54.6 Å². The van der Waals surface area contributed by atoms with Crippen molar-refractivity contribution >= 4 is 11.9 Å². The monoisotopic (exact) mass is 633 g/mol. The van der Waals surface area contributed by atoms with Gasteiger partial charge >= 0.3 is 5.97 Å². The number of amides is 1. The van der Waals surface area contributed by atoms with Gasteiger partial charge in [-0.25, -0.2) is 4.79 Å². The number of carbonyl (C=O) groups is 2. The number of nitrogens with zero attached hydrogens (tertiary/aromatic N) is 1. The average Bonchev–Trinajstić information content (AvgIpc) is 3.09. The predicted octanol–water partition coefficient (Wildman–Crippen LogP) is 6.83. The molecule has 0 N–H and O–H groups in total. The van der Waals surface area contributed by atoms with Crippen molar-refractivity contribution in [1.82, 2.24) is 4.90 Å². The quantitative estimate of drug-likeness (QED) is 0.179. The molecule has 3 atom stereocenters. The third-order valence-corrected chi connectivity index (χ3v) is 8.67. The van der Waals surface area contributed by atoms with E-state index >= 15 is 0 Å². The fourth-order valence-corrected chi connectivity index (χ4v) is 6.21. The third kappa shape index (κ3) is 7.87. The van der Waals surface area contributed by atoms with Crippen LogP contribution in [0.4, 0.5) is 0 Å². The molecule has 3 aromatic carbocycles. The molecule has 1 fully saturated rings. The Morgan fingerprint density at radius 3 is 2.11 bits per heavy atom. The van der Waals surface area contributed by atoms with Crippen LogP contribution in [0.3, 0.4) is 0 Å². The standard InChI is InChI=1S/C37H47NO8/c1-8-28(27-22-33(43-5)35(45-7)34(23-27)44-6)36(39)38-19-10-9-14-29(38)37(40)46-30(26-13-11-12-24(2)20-26)17-15-25-16-18-31(41-3)32(21-25)42-4/h11-13,16,18,20-23,28-30H,8-10,14-15,17,19H2,1-7H3/t28-,29-,30-/m0/s1. The molecule has 0 unspecified atom stereocenters. The average molecular weight is 634 g/mol. The Morgan fingerprint density at radius 1 is 0.804 bits per heavy atom. The SMILES string of the molecule is CC[C@H](C(=O)N1CCCC[C@H]1C(=O)O[C@@H](CCc1ccc(OC)c(OC)c1)c1cccc(C)c1)c1cc(OC)c(OC)c(OC)c1. The van der Waals surface area contributed by atoms with E-state index in [0.717, 1.165) is 35.1 Å². The normalized spacial score (nSPS) is 15.8. The van der Waals surface area contributed by atoms with E-state index in [2.05, 4.69) is 0 Å². The van der Waals surface area contributed by atoms with Gasteiger partial charge in [-0.15, -0.1) is 0 Å². The Kier molecular flexibility index (Phi) is 12.2. The zero-order valence-corrected chi connectivity index (χ0v) is 28.1. The number of piperidine rings is 1. The van der Waals surface area contributed by atoms with E-state index in [1.807, 2.05) is 68.4 Å². The van der Waals surface area contributed by atoms with Crippen LogP contribution < -0.4 is 23.7 Å². The summed E-state index contributed by atoms with van der Waals surface area (Å²) < 4.78 is 33.8. The summed E-state index contributed by atoms with van der Waals surface area (Å²) in [6.07, 6.45) is 3.47. The second-order valence-electron chi connectivity index (χ2n) is 11.5. The van der Waals surface area contributed by atoms with E-state index in [1.54, 1.807) is 40.4 Å². The maximum atomic E-state index is 14.2. The molecule has 248 valence electrons. The van der Waals surface area contributed by atoms with E-state index in [-0.39, 0.29) is 11.9 Å². The summed E-state index contributed by atoms with van der Waals surface area (Å²) in [6, 6.07) is 16.8. The van der Waals surface area contributed by atoms with Gasteiger partial charge in [0.15, 0.2) is 23.0 Å². The first-order valence-electron chi connectivity index (χ1n) is 15.9. The molecule has 0 radical (unpaired) electrons. The highest BCUT2D eigenvalue weighted by molar-refractivity contribution is 5.89. The molecule has 1 heterocycles. The van der Waals surface area contributed by atoms with Gasteiger partial charge in [0.1, 0.15) is 12.1 Å². The van der Waals surface area contributed by atoms with Crippen molar-refractivity contribution in [2.24, 2.45) is 0 Å². The minimum absolute atomic E-state index is 0.115. The molecule has 4 rings (SSSR count). The molecule has 46 heavy (non-hydrogen) atoms. The maximum absolute atomic E-state index is 14.2. The van der Waals surface area contributed by atoms with E-state index in [4.69, 9.17) is 28.4 Å². The molecule has 1 aliphatic rings. The number of methoxy groups -OCH3 is 5. The zero-order chi connectivity index (χ0) is 33.2. The molecule has 9 heteroatoms. The summed E-state index contributed by atoms with van der Waals surface area (Å²) >= 11 is 0. The number of esters is 1. The van der Waals surface area contributed by atoms with Gasteiger partial charge in [0, 0.05) is 6.54 Å². The number of likely N-dealkylation sites (tertiary alicyclic amines) is 1. The van der Waals surface area contributed by atoms with Gasteiger partial charge in [-0.2, -0.15) is 0 Å². The molecule has 0 aromatic heterocycles. The van der Waals surface area contributed by atoms with Crippen LogP contribution in [0.2, 0.25) is 0 Å². The Bertz CT molecular complexity index is 1460. The number of rotatable bonds is 14. The maximum Gasteiger partial charge on any atom is 0.329 e. The van der Waals surface area contributed by atoms with Gasteiger partial charge in [0.25, 0.3) is 0 Å². The van der Waals surface area contributed by atoms with Gasteiger partial charge in [0.05, 0.1) is 41.5 Å². The van der Waals surface area contributed by atoms with Crippen LogP contribution in [-0.2, 0) is 20.7 Å². The van der Waals surface area contributed by atoms with Crippen LogP contribution in [-0.4, -0.2) is 64.9 Å². The molecule has 3 aromatic rings. The van der Waals surface area contributed by atoms with Crippen LogP contribution in [0.25, 0.3) is 0 Å². The second kappa shape index (κ2) is 16.2. The first-order chi connectivity index (χ1) is 22.3. The van der Waals surface area contributed by atoms with Gasteiger partial charge < -0.3 is 33.3 Å². The van der Waals surface area contributed by atoms with Crippen LogP contribution in [0, 0.1) is 6.92 Å². The number of ether oxygens (including phenoxy) is 6. The van der Waals surface area contributed by atoms with Crippen molar-refractivity contribution in [2.75, 3.05) is 42.1 Å². The Morgan fingerprint density at radius 2 is 1.50 bits per heavy atom. The minimum Gasteiger partial charge on any atom is -0.493 e. The first-order valence-corrected chi connectivity index (χ1v) is 15.9. The number of hydrogen-bond acceptors (Lipinski definition) is 8. The topological polar surface area (TPSA) is 92.8 Å². The fourth-order valence-electron chi connectivity index (χ4n) is 6.21. The molecular formula is C37H47NO8. The van der Waals surface area contributed by atoms with E-state index in [1.165, 1.54) is 0 Å². The van der Waals surface area contributed by atoms with Crippen molar-refractivity contribution in [2.45, 2.75) is 70.4 Å². The molecule has 0 spiro atoms. The highest BCUT2D eigenvalue weighted by Crippen LogP contribution is 2.41. The van der Waals surface area contributed by atoms with Gasteiger partial charge in [-0.1, -0.05) is 42.8 Å². The molecule has 9 nitrogen and oxygen atoms in total. The zero-order valence-electron chi connectivity index (χ0n) is 28.1. The van der Waals surface area contributed by atoms with Crippen LogP contribution in [0.1, 0.15) is 73.3 Å². The lowest BCUT2D eigenvalue weighted by Gasteiger charge is -2.37. The number of hydrogen-bond donors (Lipinski definition) is 0. The van der Waals surface area contributed by atoms with Crippen molar-refractivity contribution in [1.29, 1.82) is 0 Å². The van der Waals surface area contributed by atoms with E-state index < -0.39 is 18.1 Å². The van der Waals surface area contributed by atoms with E-state index in [9.17, 15) is 9.59 Å². The Balaban J connectivity index is 1.58. The second-order valence-corrected chi connectivity index (χ2v) is 11.5. The smallest absolute Gasteiger partial charge is 0.329 e. The molecular weight excluding hydrogens is 586 g/mol. The van der Waals surface area contributed by atoms with Crippen molar-refractivity contribution in [3.8, 4) is 28.7 Å². The molecule has 0 bridgehead atoms. The highest BCUT2D eigenvalue weighted by Gasteiger charge is 2.38. The van der Waals surface area contributed by atoms with Gasteiger partial charge in [-0.3, -0.25) is 4.79 Å². The highest BCUT2D eigenvalue weighted by atomic mass is 16.5. The van der Waals surface area contributed by atoms with Crippen molar-refractivity contribution in [3.05, 3.63) is 76.9 Å². The largest absolute Gasteiger partial charge is 0.493 e. The molecule has 1 aliphatic heterocycles. The predicted molar refractivity (Wildman–Crippen MR) is 176 cm³/mol. The Labute approximate surface area is 272 Å². The number of aryl methyl sites for hydroxylation is 2. The lowest BCUT2D eigenvalue weighted by atomic mass is 9.91. The number of carbonyl (C=O) groups excluding carboxylic acids is 2. The third-order valence-electron chi connectivity index (χ3n) is 8.67. The summed E-state index contributed by atoms with van der Waals surface area (Å²) in [5.74, 6) is 1.74. The van der Waals surface area contributed by atoms with E-state index in [0.29, 0.717) is 61.0 Å². The Hall–Kier alpha value is -4.40. The van der Waals surface area contributed by atoms with Crippen molar-refractivity contribution in [3.63, 3.8) is 0 Å².